The topological polar surface area (TPSA) is 67.2 Å². The van der Waals surface area contributed by atoms with E-state index in [0.29, 0.717) is 11.8 Å². The predicted octanol–water partition coefficient (Wildman–Crippen LogP) is 2.71. The quantitative estimate of drug-likeness (QED) is 0.911. The first-order valence-electron chi connectivity index (χ1n) is 7.41. The van der Waals surface area contributed by atoms with Crippen molar-refractivity contribution in [2.75, 3.05) is 18.4 Å². The SMILES string of the molecule is Cc1nc2cc(NC(=O)C3(C(C)C)CCNC3)ccc2o1. The molecule has 21 heavy (non-hydrogen) atoms. The normalized spacial score (nSPS) is 22.1. The monoisotopic (exact) mass is 287 g/mol. The third kappa shape index (κ3) is 2.42. The van der Waals surface area contributed by atoms with Crippen LogP contribution in [0.2, 0.25) is 0 Å². The minimum atomic E-state index is -0.325. The Morgan fingerprint density at radius 2 is 2.29 bits per heavy atom. The summed E-state index contributed by atoms with van der Waals surface area (Å²) in [4.78, 5) is 17.0. The molecule has 0 saturated carbocycles. The second kappa shape index (κ2) is 5.15. The van der Waals surface area contributed by atoms with E-state index in [0.717, 1.165) is 36.3 Å². The van der Waals surface area contributed by atoms with Gasteiger partial charge in [-0.25, -0.2) is 4.98 Å². The third-order valence-electron chi connectivity index (χ3n) is 4.50. The summed E-state index contributed by atoms with van der Waals surface area (Å²) < 4.78 is 5.45. The number of aromatic nitrogens is 1. The lowest BCUT2D eigenvalue weighted by Crippen LogP contribution is -2.42. The van der Waals surface area contributed by atoms with Crippen molar-refractivity contribution in [1.82, 2.24) is 10.3 Å². The first-order valence-corrected chi connectivity index (χ1v) is 7.41. The molecule has 1 fully saturated rings. The van der Waals surface area contributed by atoms with E-state index in [1.165, 1.54) is 0 Å². The van der Waals surface area contributed by atoms with Crippen LogP contribution in [0.4, 0.5) is 5.69 Å². The predicted molar refractivity (Wildman–Crippen MR) is 82.1 cm³/mol. The van der Waals surface area contributed by atoms with E-state index in [1.54, 1.807) is 0 Å². The number of benzene rings is 1. The minimum Gasteiger partial charge on any atom is -0.441 e. The number of amides is 1. The lowest BCUT2D eigenvalue weighted by atomic mass is 9.75. The van der Waals surface area contributed by atoms with Gasteiger partial charge in [-0.3, -0.25) is 4.79 Å². The van der Waals surface area contributed by atoms with Gasteiger partial charge in [0, 0.05) is 19.2 Å². The zero-order chi connectivity index (χ0) is 15.0. The Hall–Kier alpha value is -1.88. The highest BCUT2D eigenvalue weighted by molar-refractivity contribution is 5.97. The average Bonchev–Trinajstić information content (AvgIpc) is 3.04. The number of nitrogens with one attached hydrogen (secondary N) is 2. The van der Waals surface area contributed by atoms with Gasteiger partial charge in [-0.1, -0.05) is 13.8 Å². The van der Waals surface area contributed by atoms with Crippen LogP contribution in [0.1, 0.15) is 26.2 Å². The van der Waals surface area contributed by atoms with E-state index in [9.17, 15) is 4.79 Å². The van der Waals surface area contributed by atoms with E-state index in [4.69, 9.17) is 4.42 Å². The smallest absolute Gasteiger partial charge is 0.232 e. The van der Waals surface area contributed by atoms with Crippen LogP contribution in [0.15, 0.2) is 22.6 Å². The zero-order valence-corrected chi connectivity index (χ0v) is 12.7. The number of carbonyl (C=O) groups is 1. The van der Waals surface area contributed by atoms with Gasteiger partial charge in [0.2, 0.25) is 5.91 Å². The van der Waals surface area contributed by atoms with Crippen LogP contribution in [-0.2, 0) is 4.79 Å². The first-order chi connectivity index (χ1) is 10.0. The number of rotatable bonds is 3. The van der Waals surface area contributed by atoms with Gasteiger partial charge in [-0.15, -0.1) is 0 Å². The van der Waals surface area contributed by atoms with Crippen LogP contribution in [0.3, 0.4) is 0 Å². The molecule has 1 unspecified atom stereocenters. The number of nitrogens with zero attached hydrogens (tertiary/aromatic N) is 1. The number of aryl methyl sites for hydroxylation is 1. The molecule has 1 atom stereocenters. The van der Waals surface area contributed by atoms with Crippen molar-refractivity contribution in [3.05, 3.63) is 24.1 Å². The van der Waals surface area contributed by atoms with Crippen LogP contribution in [0, 0.1) is 18.3 Å². The van der Waals surface area contributed by atoms with E-state index in [-0.39, 0.29) is 11.3 Å². The van der Waals surface area contributed by atoms with E-state index in [1.807, 2.05) is 25.1 Å². The number of hydrogen-bond acceptors (Lipinski definition) is 4. The van der Waals surface area contributed by atoms with Crippen LogP contribution >= 0.6 is 0 Å². The van der Waals surface area contributed by atoms with Crippen LogP contribution in [0.25, 0.3) is 11.1 Å². The van der Waals surface area contributed by atoms with E-state index >= 15 is 0 Å². The molecular weight excluding hydrogens is 266 g/mol. The fourth-order valence-electron chi connectivity index (χ4n) is 3.04. The Morgan fingerprint density at radius 1 is 1.48 bits per heavy atom. The Balaban J connectivity index is 1.85. The summed E-state index contributed by atoms with van der Waals surface area (Å²) in [6.07, 6.45) is 0.877. The summed E-state index contributed by atoms with van der Waals surface area (Å²) in [6.45, 7) is 7.67. The van der Waals surface area contributed by atoms with Gasteiger partial charge in [0.1, 0.15) is 5.52 Å². The highest BCUT2D eigenvalue weighted by Crippen LogP contribution is 2.35. The maximum atomic E-state index is 12.7. The van der Waals surface area contributed by atoms with Gasteiger partial charge in [-0.2, -0.15) is 0 Å². The summed E-state index contributed by atoms with van der Waals surface area (Å²) in [6, 6.07) is 5.57. The fourth-order valence-corrected chi connectivity index (χ4v) is 3.04. The lowest BCUT2D eigenvalue weighted by molar-refractivity contribution is -0.126. The molecule has 2 heterocycles. The Morgan fingerprint density at radius 3 is 2.95 bits per heavy atom. The van der Waals surface area contributed by atoms with Crippen LogP contribution < -0.4 is 10.6 Å². The molecule has 5 nitrogen and oxygen atoms in total. The first kappa shape index (κ1) is 14.1. The molecule has 0 radical (unpaired) electrons. The average molecular weight is 287 g/mol. The van der Waals surface area contributed by atoms with Gasteiger partial charge < -0.3 is 15.1 Å². The second-order valence-corrected chi connectivity index (χ2v) is 6.11. The van der Waals surface area contributed by atoms with E-state index in [2.05, 4.69) is 29.5 Å². The molecule has 1 aromatic carbocycles. The van der Waals surface area contributed by atoms with Gasteiger partial charge in [0.15, 0.2) is 11.5 Å². The summed E-state index contributed by atoms with van der Waals surface area (Å²) in [7, 11) is 0. The number of carbonyl (C=O) groups excluding carboxylic acids is 1. The van der Waals surface area contributed by atoms with E-state index < -0.39 is 0 Å². The molecule has 112 valence electrons. The maximum absolute atomic E-state index is 12.7. The van der Waals surface area contributed by atoms with Crippen LogP contribution in [-0.4, -0.2) is 24.0 Å². The molecule has 0 aliphatic carbocycles. The maximum Gasteiger partial charge on any atom is 0.232 e. The standard InChI is InChI=1S/C16H21N3O2/c1-10(2)16(6-7-17-9-16)15(20)19-12-4-5-14-13(8-12)18-11(3)21-14/h4-5,8,10,17H,6-7,9H2,1-3H3,(H,19,20). The summed E-state index contributed by atoms with van der Waals surface area (Å²) in [5.74, 6) is 1.01. The van der Waals surface area contributed by atoms with Crippen molar-refractivity contribution in [3.63, 3.8) is 0 Å². The lowest BCUT2D eigenvalue weighted by Gasteiger charge is -2.31. The summed E-state index contributed by atoms with van der Waals surface area (Å²) >= 11 is 0. The van der Waals surface area contributed by atoms with Crippen molar-refractivity contribution >= 4 is 22.7 Å². The number of anilines is 1. The fraction of sp³-hybridized carbons (Fsp3) is 0.500. The molecular formula is C16H21N3O2. The molecule has 1 aromatic heterocycles. The molecule has 5 heteroatoms. The van der Waals surface area contributed by atoms with Gasteiger partial charge >= 0.3 is 0 Å². The van der Waals surface area contributed by atoms with Gasteiger partial charge in [0.05, 0.1) is 5.41 Å². The Kier molecular flexibility index (Phi) is 3.45. The molecule has 1 amide bonds. The molecule has 1 aliphatic heterocycles. The molecule has 0 spiro atoms. The molecule has 1 saturated heterocycles. The van der Waals surface area contributed by atoms with Crippen molar-refractivity contribution in [3.8, 4) is 0 Å². The van der Waals surface area contributed by atoms with Gasteiger partial charge in [-0.05, 0) is 37.1 Å². The third-order valence-corrected chi connectivity index (χ3v) is 4.50. The number of oxazole rings is 1. The minimum absolute atomic E-state index is 0.0852. The molecule has 2 N–H and O–H groups in total. The number of hydrogen-bond donors (Lipinski definition) is 2. The van der Waals surface area contributed by atoms with Gasteiger partial charge in [0.25, 0.3) is 0 Å². The molecule has 3 rings (SSSR count). The van der Waals surface area contributed by atoms with Crippen LogP contribution in [0.5, 0.6) is 0 Å². The second-order valence-electron chi connectivity index (χ2n) is 6.11. The number of fused-ring (bicyclic) bond motifs is 1. The van der Waals surface area contributed by atoms with Crippen molar-refractivity contribution in [2.45, 2.75) is 27.2 Å². The van der Waals surface area contributed by atoms with Crippen molar-refractivity contribution in [1.29, 1.82) is 0 Å². The molecule has 2 aromatic rings. The molecule has 1 aliphatic rings. The highest BCUT2D eigenvalue weighted by Gasteiger charge is 2.43. The zero-order valence-electron chi connectivity index (χ0n) is 12.7. The largest absolute Gasteiger partial charge is 0.441 e. The Labute approximate surface area is 124 Å². The Bertz CT molecular complexity index is 669. The molecule has 0 bridgehead atoms. The van der Waals surface area contributed by atoms with Crippen molar-refractivity contribution < 1.29 is 9.21 Å². The summed E-state index contributed by atoms with van der Waals surface area (Å²) in [5, 5.41) is 6.35. The highest BCUT2D eigenvalue weighted by atomic mass is 16.3. The van der Waals surface area contributed by atoms with Crippen molar-refractivity contribution in [2.24, 2.45) is 11.3 Å². The summed E-state index contributed by atoms with van der Waals surface area (Å²) in [5.41, 5.74) is 1.96.